The second kappa shape index (κ2) is 9.23. The van der Waals surface area contributed by atoms with Gasteiger partial charge in [0.2, 0.25) is 10.0 Å². The molecule has 0 bridgehead atoms. The van der Waals surface area contributed by atoms with Crippen molar-refractivity contribution < 1.29 is 13.2 Å². The molecule has 0 saturated carbocycles. The number of nitrogens with zero attached hydrogens (tertiary/aromatic N) is 3. The zero-order chi connectivity index (χ0) is 21.7. The molecule has 30 heavy (non-hydrogen) atoms. The van der Waals surface area contributed by atoms with Crippen molar-refractivity contribution in [3.05, 3.63) is 77.6 Å². The highest BCUT2D eigenvalue weighted by atomic mass is 32.2. The number of aryl methyl sites for hydroxylation is 2. The first-order valence-corrected chi connectivity index (χ1v) is 11.1. The average molecular weight is 427 g/mol. The van der Waals surface area contributed by atoms with E-state index in [9.17, 15) is 13.2 Å². The third-order valence-electron chi connectivity index (χ3n) is 4.80. The van der Waals surface area contributed by atoms with E-state index in [1.807, 2.05) is 48.1 Å². The smallest absolute Gasteiger partial charge is 0.251 e. The molecule has 0 unspecified atom stereocenters. The molecule has 0 aliphatic carbocycles. The maximum atomic E-state index is 12.4. The van der Waals surface area contributed by atoms with Crippen molar-refractivity contribution >= 4 is 15.9 Å². The van der Waals surface area contributed by atoms with E-state index in [4.69, 9.17) is 0 Å². The van der Waals surface area contributed by atoms with E-state index in [1.165, 1.54) is 26.2 Å². The Kier molecular flexibility index (Phi) is 6.69. The quantitative estimate of drug-likeness (QED) is 0.562. The molecule has 3 rings (SSSR count). The van der Waals surface area contributed by atoms with Gasteiger partial charge in [-0.1, -0.05) is 24.3 Å². The summed E-state index contributed by atoms with van der Waals surface area (Å²) in [5.41, 5.74) is 3.43. The van der Waals surface area contributed by atoms with Gasteiger partial charge in [0, 0.05) is 32.4 Å². The van der Waals surface area contributed by atoms with Crippen LogP contribution in [0.4, 0.5) is 0 Å². The maximum absolute atomic E-state index is 12.4. The lowest BCUT2D eigenvalue weighted by molar-refractivity contribution is 0.0953. The molecule has 1 amide bonds. The van der Waals surface area contributed by atoms with Crippen LogP contribution in [0.5, 0.6) is 0 Å². The number of aromatic nitrogens is 2. The van der Waals surface area contributed by atoms with Gasteiger partial charge in [-0.3, -0.25) is 4.79 Å². The number of hydrogen-bond acceptors (Lipinski definition) is 4. The Labute approximate surface area is 177 Å². The second-order valence-corrected chi connectivity index (χ2v) is 9.35. The topological polar surface area (TPSA) is 84.3 Å². The lowest BCUT2D eigenvalue weighted by Gasteiger charge is -2.12. The largest absolute Gasteiger partial charge is 0.352 e. The highest BCUT2D eigenvalue weighted by Crippen LogP contribution is 2.15. The number of carbonyl (C=O) groups excluding carboxylic acids is 1. The Bertz CT molecular complexity index is 1120. The van der Waals surface area contributed by atoms with Crippen LogP contribution >= 0.6 is 0 Å². The molecule has 0 aliphatic rings. The molecule has 2 aromatic carbocycles. The zero-order valence-corrected chi connectivity index (χ0v) is 18.2. The van der Waals surface area contributed by atoms with E-state index in [2.05, 4.69) is 10.4 Å². The van der Waals surface area contributed by atoms with Gasteiger partial charge in [-0.05, 0) is 55.7 Å². The molecule has 0 spiro atoms. The SMILES string of the molecule is Cc1nn(-c2ccccc2)cc1CCCNC(=O)c1cccc(S(=O)(=O)N(C)C)c1. The van der Waals surface area contributed by atoms with Crippen LogP contribution in [0.3, 0.4) is 0 Å². The third-order valence-corrected chi connectivity index (χ3v) is 6.62. The van der Waals surface area contributed by atoms with Crippen molar-refractivity contribution in [1.29, 1.82) is 0 Å². The number of sulfonamides is 1. The number of hydrogen-bond donors (Lipinski definition) is 1. The summed E-state index contributed by atoms with van der Waals surface area (Å²) in [5, 5.41) is 7.42. The molecule has 0 saturated heterocycles. The van der Waals surface area contributed by atoms with Crippen molar-refractivity contribution in [3.63, 3.8) is 0 Å². The van der Waals surface area contributed by atoms with Gasteiger partial charge in [0.25, 0.3) is 5.91 Å². The van der Waals surface area contributed by atoms with Gasteiger partial charge < -0.3 is 5.32 Å². The van der Waals surface area contributed by atoms with E-state index in [-0.39, 0.29) is 10.8 Å². The molecule has 1 N–H and O–H groups in total. The second-order valence-electron chi connectivity index (χ2n) is 7.19. The number of nitrogens with one attached hydrogen (secondary N) is 1. The molecule has 1 heterocycles. The Balaban J connectivity index is 1.57. The fourth-order valence-corrected chi connectivity index (χ4v) is 3.99. The lowest BCUT2D eigenvalue weighted by Crippen LogP contribution is -2.26. The predicted molar refractivity (Wildman–Crippen MR) is 116 cm³/mol. The van der Waals surface area contributed by atoms with Crippen molar-refractivity contribution in [1.82, 2.24) is 19.4 Å². The molecule has 3 aromatic rings. The summed E-state index contributed by atoms with van der Waals surface area (Å²) in [6, 6.07) is 16.0. The minimum atomic E-state index is -3.58. The van der Waals surface area contributed by atoms with Crippen LogP contribution in [0.15, 0.2) is 65.7 Å². The van der Waals surface area contributed by atoms with Gasteiger partial charge in [0.05, 0.1) is 16.3 Å². The van der Waals surface area contributed by atoms with Crippen LogP contribution < -0.4 is 5.32 Å². The summed E-state index contributed by atoms with van der Waals surface area (Å²) in [6.07, 6.45) is 3.55. The highest BCUT2D eigenvalue weighted by Gasteiger charge is 2.18. The molecule has 0 aliphatic heterocycles. The van der Waals surface area contributed by atoms with E-state index in [0.29, 0.717) is 12.1 Å². The average Bonchev–Trinajstić information content (AvgIpc) is 3.12. The Hall–Kier alpha value is -2.97. The van der Waals surface area contributed by atoms with Crippen molar-refractivity contribution in [3.8, 4) is 5.69 Å². The van der Waals surface area contributed by atoms with Crippen LogP contribution in [0.1, 0.15) is 28.0 Å². The fourth-order valence-electron chi connectivity index (χ4n) is 3.05. The minimum absolute atomic E-state index is 0.101. The molecule has 1 aromatic heterocycles. The van der Waals surface area contributed by atoms with Gasteiger partial charge >= 0.3 is 0 Å². The van der Waals surface area contributed by atoms with Crippen LogP contribution in [-0.2, 0) is 16.4 Å². The number of para-hydroxylation sites is 1. The number of carbonyl (C=O) groups is 1. The van der Waals surface area contributed by atoms with Gasteiger partial charge in [0.15, 0.2) is 0 Å². The molecule has 0 radical (unpaired) electrons. The Morgan fingerprint density at radius 2 is 1.83 bits per heavy atom. The fraction of sp³-hybridized carbons (Fsp3) is 0.273. The summed E-state index contributed by atoms with van der Waals surface area (Å²) in [6.45, 7) is 2.46. The third kappa shape index (κ3) is 4.95. The van der Waals surface area contributed by atoms with Crippen LogP contribution in [0.25, 0.3) is 5.69 Å². The Morgan fingerprint density at radius 3 is 2.53 bits per heavy atom. The molecular weight excluding hydrogens is 400 g/mol. The first-order valence-electron chi connectivity index (χ1n) is 9.70. The molecule has 7 nitrogen and oxygen atoms in total. The summed E-state index contributed by atoms with van der Waals surface area (Å²) in [7, 11) is -0.651. The monoisotopic (exact) mass is 426 g/mol. The van der Waals surface area contributed by atoms with E-state index in [1.54, 1.807) is 12.1 Å². The van der Waals surface area contributed by atoms with E-state index in [0.717, 1.165) is 34.1 Å². The van der Waals surface area contributed by atoms with Crippen LogP contribution in [-0.4, -0.2) is 49.1 Å². The molecule has 158 valence electrons. The summed E-state index contributed by atoms with van der Waals surface area (Å²) in [5.74, 6) is -0.289. The highest BCUT2D eigenvalue weighted by molar-refractivity contribution is 7.89. The minimum Gasteiger partial charge on any atom is -0.352 e. The normalized spacial score (nSPS) is 11.6. The summed E-state index contributed by atoms with van der Waals surface area (Å²) >= 11 is 0. The first-order chi connectivity index (χ1) is 14.3. The standard InChI is InChI=1S/C22H26N4O3S/c1-17-19(16-26(24-17)20-11-5-4-6-12-20)10-8-14-23-22(27)18-9-7-13-21(15-18)30(28,29)25(2)3/h4-7,9,11-13,15-16H,8,10,14H2,1-3H3,(H,23,27). The lowest BCUT2D eigenvalue weighted by atomic mass is 10.1. The zero-order valence-electron chi connectivity index (χ0n) is 17.4. The van der Waals surface area contributed by atoms with Gasteiger partial charge in [-0.2, -0.15) is 5.10 Å². The van der Waals surface area contributed by atoms with E-state index < -0.39 is 10.0 Å². The molecule has 0 atom stereocenters. The van der Waals surface area contributed by atoms with Crippen molar-refractivity contribution in [2.75, 3.05) is 20.6 Å². The summed E-state index contributed by atoms with van der Waals surface area (Å²) < 4.78 is 27.5. The van der Waals surface area contributed by atoms with Crippen LogP contribution in [0, 0.1) is 6.92 Å². The number of benzene rings is 2. The van der Waals surface area contributed by atoms with Crippen LogP contribution in [0.2, 0.25) is 0 Å². The molecule has 0 fully saturated rings. The van der Waals surface area contributed by atoms with Crippen molar-refractivity contribution in [2.45, 2.75) is 24.7 Å². The predicted octanol–water partition coefficient (Wildman–Crippen LogP) is 2.79. The summed E-state index contributed by atoms with van der Waals surface area (Å²) in [4.78, 5) is 12.5. The number of rotatable bonds is 8. The van der Waals surface area contributed by atoms with Gasteiger partial charge in [-0.15, -0.1) is 0 Å². The first kappa shape index (κ1) is 21.7. The Morgan fingerprint density at radius 1 is 1.10 bits per heavy atom. The molecular formula is C22H26N4O3S. The maximum Gasteiger partial charge on any atom is 0.251 e. The van der Waals surface area contributed by atoms with Gasteiger partial charge in [0.1, 0.15) is 0 Å². The number of amides is 1. The molecule has 8 heteroatoms. The van der Waals surface area contributed by atoms with Crippen molar-refractivity contribution in [2.24, 2.45) is 0 Å². The van der Waals surface area contributed by atoms with E-state index >= 15 is 0 Å². The van der Waals surface area contributed by atoms with Gasteiger partial charge in [-0.25, -0.2) is 17.4 Å².